The average molecular weight is 354 g/mol. The minimum Gasteiger partial charge on any atom is -0.382 e. The van der Waals surface area contributed by atoms with Crippen molar-refractivity contribution in [2.75, 3.05) is 13.1 Å². The van der Waals surface area contributed by atoms with E-state index in [4.69, 9.17) is 0 Å². The van der Waals surface area contributed by atoms with Gasteiger partial charge in [0.25, 0.3) is 0 Å². The highest BCUT2D eigenvalue weighted by Gasteiger charge is 2.37. The lowest BCUT2D eigenvalue weighted by atomic mass is 9.89. The number of aliphatic hydroxyl groups is 1. The molecule has 0 spiro atoms. The predicted octanol–water partition coefficient (Wildman–Crippen LogP) is 2.76. The van der Waals surface area contributed by atoms with Crippen LogP contribution in [0.5, 0.6) is 0 Å². The van der Waals surface area contributed by atoms with Gasteiger partial charge in [-0.3, -0.25) is 4.90 Å². The fraction of sp³-hybridized carbons (Fsp3) is 0.529. The number of hydrogen-bond acceptors (Lipinski definition) is 4. The summed E-state index contributed by atoms with van der Waals surface area (Å²) in [5.74, 6) is -3.08. The number of likely N-dealkylation sites (tertiary alicyclic amines) is 1. The first-order chi connectivity index (χ1) is 11.8. The Kier molecular flexibility index (Phi) is 4.83. The monoisotopic (exact) mass is 354 g/mol. The highest BCUT2D eigenvalue weighted by Crippen LogP contribution is 2.31. The molecule has 5 nitrogen and oxygen atoms in total. The van der Waals surface area contributed by atoms with E-state index in [0.717, 1.165) is 6.07 Å². The lowest BCUT2D eigenvalue weighted by Crippen LogP contribution is -2.46. The van der Waals surface area contributed by atoms with Crippen LogP contribution in [0.2, 0.25) is 0 Å². The summed E-state index contributed by atoms with van der Waals surface area (Å²) in [5, 5.41) is 19.1. The van der Waals surface area contributed by atoms with E-state index in [1.54, 1.807) is 10.9 Å². The molecule has 1 aliphatic heterocycles. The first kappa shape index (κ1) is 17.9. The molecule has 1 atom stereocenters. The minimum absolute atomic E-state index is 0.0639. The average Bonchev–Trinajstić information content (AvgIpc) is 3.04. The van der Waals surface area contributed by atoms with Gasteiger partial charge in [0.1, 0.15) is 17.1 Å². The van der Waals surface area contributed by atoms with Crippen LogP contribution in [0.15, 0.2) is 18.3 Å². The smallest absolute Gasteiger partial charge is 0.161 e. The van der Waals surface area contributed by atoms with E-state index in [2.05, 4.69) is 10.3 Å². The molecule has 0 aliphatic carbocycles. The van der Waals surface area contributed by atoms with Gasteiger partial charge in [-0.1, -0.05) is 5.21 Å². The van der Waals surface area contributed by atoms with Crippen LogP contribution < -0.4 is 0 Å². The summed E-state index contributed by atoms with van der Waals surface area (Å²) in [7, 11) is 0. The third kappa shape index (κ3) is 3.69. The molecule has 25 heavy (non-hydrogen) atoms. The molecule has 1 saturated heterocycles. The van der Waals surface area contributed by atoms with Gasteiger partial charge < -0.3 is 5.11 Å². The molecule has 1 aliphatic rings. The molecule has 136 valence electrons. The molecule has 1 aromatic carbocycles. The fourth-order valence-corrected chi connectivity index (χ4v) is 3.14. The van der Waals surface area contributed by atoms with Gasteiger partial charge in [0.2, 0.25) is 0 Å². The largest absolute Gasteiger partial charge is 0.382 e. The van der Waals surface area contributed by atoms with E-state index >= 15 is 0 Å². The van der Waals surface area contributed by atoms with E-state index in [1.807, 2.05) is 18.7 Å². The SMILES string of the molecule is CC(C)n1cc([C@@]2(O)CCCN(Cc3cc(F)c(F)cc3F)C2)nn1. The molecular formula is C17H21F3N4O. The summed E-state index contributed by atoms with van der Waals surface area (Å²) in [6.45, 7) is 4.86. The predicted molar refractivity (Wildman–Crippen MR) is 85.1 cm³/mol. The maximum absolute atomic E-state index is 13.9. The molecule has 1 fully saturated rings. The van der Waals surface area contributed by atoms with Crippen molar-refractivity contribution in [2.24, 2.45) is 0 Å². The lowest BCUT2D eigenvalue weighted by molar-refractivity contribution is -0.0417. The van der Waals surface area contributed by atoms with Crippen LogP contribution in [0.3, 0.4) is 0 Å². The molecule has 0 saturated carbocycles. The minimum atomic E-state index is -1.21. The van der Waals surface area contributed by atoms with Crippen LogP contribution in [-0.2, 0) is 12.1 Å². The van der Waals surface area contributed by atoms with Gasteiger partial charge in [0.15, 0.2) is 11.6 Å². The Labute approximate surface area is 144 Å². The van der Waals surface area contributed by atoms with Gasteiger partial charge in [-0.15, -0.1) is 5.10 Å². The van der Waals surface area contributed by atoms with E-state index < -0.39 is 23.1 Å². The second-order valence-corrected chi connectivity index (χ2v) is 6.88. The van der Waals surface area contributed by atoms with Gasteiger partial charge in [-0.2, -0.15) is 0 Å². The number of halogens is 3. The summed E-state index contributed by atoms with van der Waals surface area (Å²) in [4.78, 5) is 1.81. The zero-order chi connectivity index (χ0) is 18.2. The second-order valence-electron chi connectivity index (χ2n) is 6.88. The molecule has 2 heterocycles. The Hall–Kier alpha value is -1.93. The Morgan fingerprint density at radius 2 is 1.92 bits per heavy atom. The van der Waals surface area contributed by atoms with Crippen LogP contribution >= 0.6 is 0 Å². The first-order valence-corrected chi connectivity index (χ1v) is 8.29. The Morgan fingerprint density at radius 1 is 1.20 bits per heavy atom. The Bertz CT molecular complexity index is 764. The molecule has 3 rings (SSSR count). The van der Waals surface area contributed by atoms with Crippen molar-refractivity contribution in [3.8, 4) is 0 Å². The van der Waals surface area contributed by atoms with Crippen molar-refractivity contribution in [2.45, 2.75) is 44.9 Å². The zero-order valence-electron chi connectivity index (χ0n) is 14.2. The maximum Gasteiger partial charge on any atom is 0.161 e. The van der Waals surface area contributed by atoms with Crippen molar-refractivity contribution < 1.29 is 18.3 Å². The fourth-order valence-electron chi connectivity index (χ4n) is 3.14. The van der Waals surface area contributed by atoms with Crippen LogP contribution in [-0.4, -0.2) is 38.1 Å². The van der Waals surface area contributed by atoms with Crippen LogP contribution in [0.25, 0.3) is 0 Å². The highest BCUT2D eigenvalue weighted by atomic mass is 19.2. The van der Waals surface area contributed by atoms with E-state index in [-0.39, 0.29) is 24.7 Å². The summed E-state index contributed by atoms with van der Waals surface area (Å²) < 4.78 is 42.0. The van der Waals surface area contributed by atoms with Gasteiger partial charge in [0.05, 0.1) is 6.20 Å². The number of hydrogen-bond donors (Lipinski definition) is 1. The maximum atomic E-state index is 13.9. The third-order valence-electron chi connectivity index (χ3n) is 4.55. The second kappa shape index (κ2) is 6.76. The summed E-state index contributed by atoms with van der Waals surface area (Å²) >= 11 is 0. The summed E-state index contributed by atoms with van der Waals surface area (Å²) in [6.07, 6.45) is 2.91. The van der Waals surface area contributed by atoms with E-state index in [0.29, 0.717) is 31.1 Å². The van der Waals surface area contributed by atoms with Crippen LogP contribution in [0, 0.1) is 17.5 Å². The molecule has 1 aromatic heterocycles. The van der Waals surface area contributed by atoms with E-state index in [9.17, 15) is 18.3 Å². The summed E-state index contributed by atoms with van der Waals surface area (Å²) in [6, 6.07) is 1.54. The molecule has 2 aromatic rings. The topological polar surface area (TPSA) is 54.2 Å². The van der Waals surface area contributed by atoms with Gasteiger partial charge in [-0.05, 0) is 39.3 Å². The Morgan fingerprint density at radius 3 is 2.60 bits per heavy atom. The molecule has 1 N–H and O–H groups in total. The van der Waals surface area contributed by atoms with Crippen molar-refractivity contribution in [3.63, 3.8) is 0 Å². The van der Waals surface area contributed by atoms with Crippen molar-refractivity contribution in [3.05, 3.63) is 47.0 Å². The molecule has 0 unspecified atom stereocenters. The quantitative estimate of drug-likeness (QED) is 0.858. The Balaban J connectivity index is 1.77. The number of piperidine rings is 1. The van der Waals surface area contributed by atoms with Crippen LogP contribution in [0.4, 0.5) is 13.2 Å². The number of benzene rings is 1. The lowest BCUT2D eigenvalue weighted by Gasteiger charge is -2.38. The van der Waals surface area contributed by atoms with Crippen molar-refractivity contribution >= 4 is 0 Å². The molecule has 0 bridgehead atoms. The van der Waals surface area contributed by atoms with Gasteiger partial charge in [0, 0.05) is 30.8 Å². The molecule has 8 heteroatoms. The zero-order valence-corrected chi connectivity index (χ0v) is 14.2. The number of rotatable bonds is 4. The number of β-amino-alcohol motifs (C(OH)–C–C–N with tert-alkyl or cyclic N) is 1. The standard InChI is InChI=1S/C17H21F3N4O/c1-11(2)24-9-16(21-22-24)17(25)4-3-5-23(10-17)8-12-6-14(19)15(20)7-13(12)18/h6-7,9,11,25H,3-5,8,10H2,1-2H3/t17-/m1/s1. The van der Waals surface area contributed by atoms with Crippen molar-refractivity contribution in [1.29, 1.82) is 0 Å². The van der Waals surface area contributed by atoms with E-state index in [1.165, 1.54) is 0 Å². The number of aromatic nitrogens is 3. The third-order valence-corrected chi connectivity index (χ3v) is 4.55. The van der Waals surface area contributed by atoms with Gasteiger partial charge in [-0.25, -0.2) is 17.9 Å². The van der Waals surface area contributed by atoms with Crippen LogP contribution in [0.1, 0.15) is 44.0 Å². The van der Waals surface area contributed by atoms with Crippen molar-refractivity contribution in [1.82, 2.24) is 19.9 Å². The number of nitrogens with zero attached hydrogens (tertiary/aromatic N) is 4. The molecule has 0 amide bonds. The first-order valence-electron chi connectivity index (χ1n) is 8.29. The summed E-state index contributed by atoms with van der Waals surface area (Å²) in [5.41, 5.74) is -0.661. The highest BCUT2D eigenvalue weighted by molar-refractivity contribution is 5.20. The molecule has 0 radical (unpaired) electrons. The normalized spacial score (nSPS) is 21.9. The van der Waals surface area contributed by atoms with Gasteiger partial charge >= 0.3 is 0 Å². The molecular weight excluding hydrogens is 333 g/mol.